The molecule has 0 saturated carbocycles. The number of hydrogen-bond acceptors (Lipinski definition) is 7. The zero-order chi connectivity index (χ0) is 22.1. The fraction of sp³-hybridized carbons (Fsp3) is 0.182. The van der Waals surface area contributed by atoms with Crippen LogP contribution in [-0.2, 0) is 11.3 Å². The fourth-order valence-electron chi connectivity index (χ4n) is 3.45. The van der Waals surface area contributed by atoms with Crippen molar-refractivity contribution in [3.63, 3.8) is 0 Å². The Bertz CT molecular complexity index is 1360. The molecule has 4 aromatic rings. The smallest absolute Gasteiger partial charge is 0.353 e. The van der Waals surface area contributed by atoms with Gasteiger partial charge in [-0.1, -0.05) is 18.2 Å². The summed E-state index contributed by atoms with van der Waals surface area (Å²) in [5.74, 6) is 1.13. The molecule has 10 heteroatoms. The lowest BCUT2D eigenvalue weighted by Gasteiger charge is -2.18. The van der Waals surface area contributed by atoms with Crippen LogP contribution in [0.5, 0.6) is 11.5 Å². The van der Waals surface area contributed by atoms with E-state index in [0.29, 0.717) is 47.7 Å². The number of nitrogens with zero attached hydrogens (tertiary/aromatic N) is 4. The molecule has 10 nitrogen and oxygen atoms in total. The quantitative estimate of drug-likeness (QED) is 0.498. The van der Waals surface area contributed by atoms with Gasteiger partial charge in [0.1, 0.15) is 19.8 Å². The number of nitrogens with one attached hydrogen (secondary N) is 2. The average molecular weight is 432 g/mol. The third-order valence-corrected chi connectivity index (χ3v) is 4.85. The molecule has 2 aromatic heterocycles. The maximum Gasteiger partial charge on any atom is 0.353 e. The van der Waals surface area contributed by atoms with Crippen LogP contribution < -0.4 is 25.8 Å². The lowest BCUT2D eigenvalue weighted by atomic mass is 10.2. The van der Waals surface area contributed by atoms with Crippen LogP contribution in [0.25, 0.3) is 5.65 Å². The van der Waals surface area contributed by atoms with Gasteiger partial charge in [-0.25, -0.2) is 18.9 Å². The van der Waals surface area contributed by atoms with Gasteiger partial charge in [-0.3, -0.25) is 4.79 Å². The van der Waals surface area contributed by atoms with Crippen LogP contribution in [0, 0.1) is 6.92 Å². The minimum Gasteiger partial charge on any atom is -0.486 e. The molecule has 32 heavy (non-hydrogen) atoms. The highest BCUT2D eigenvalue weighted by Crippen LogP contribution is 2.32. The number of rotatable bonds is 5. The van der Waals surface area contributed by atoms with E-state index in [2.05, 4.69) is 20.7 Å². The van der Waals surface area contributed by atoms with Crippen molar-refractivity contribution in [2.75, 3.05) is 23.8 Å². The Morgan fingerprint density at radius 3 is 2.62 bits per heavy atom. The minimum atomic E-state index is -0.469. The van der Waals surface area contributed by atoms with Crippen molar-refractivity contribution in [3.05, 3.63) is 70.8 Å². The molecule has 2 aromatic carbocycles. The third kappa shape index (κ3) is 3.85. The molecule has 1 aliphatic rings. The molecular weight excluding hydrogens is 412 g/mol. The molecule has 0 unspecified atom stereocenters. The van der Waals surface area contributed by atoms with E-state index >= 15 is 0 Å². The van der Waals surface area contributed by atoms with Crippen molar-refractivity contribution in [2.45, 2.75) is 13.5 Å². The number of para-hydroxylation sites is 1. The maximum atomic E-state index is 13.0. The normalized spacial score (nSPS) is 12.5. The summed E-state index contributed by atoms with van der Waals surface area (Å²) in [5, 5.41) is 10.2. The predicted octanol–water partition coefficient (Wildman–Crippen LogP) is 2.35. The molecule has 5 rings (SSSR count). The van der Waals surface area contributed by atoms with E-state index in [4.69, 9.17) is 9.47 Å². The molecule has 3 heterocycles. The van der Waals surface area contributed by atoms with Crippen LogP contribution in [0.1, 0.15) is 5.69 Å². The summed E-state index contributed by atoms with van der Waals surface area (Å²) in [6.45, 7) is 2.51. The Balaban J connectivity index is 1.40. The Labute approximate surface area is 182 Å². The second kappa shape index (κ2) is 8.06. The summed E-state index contributed by atoms with van der Waals surface area (Å²) >= 11 is 0. The number of carbonyl (C=O) groups excluding carboxylic acids is 1. The van der Waals surface area contributed by atoms with Crippen molar-refractivity contribution in [3.8, 4) is 11.5 Å². The molecule has 1 amide bonds. The summed E-state index contributed by atoms with van der Waals surface area (Å²) in [4.78, 5) is 30.0. The number of hydrogen-bond donors (Lipinski definition) is 2. The number of aryl methyl sites for hydroxylation is 1. The largest absolute Gasteiger partial charge is 0.486 e. The molecule has 0 atom stereocenters. The highest BCUT2D eigenvalue weighted by Gasteiger charge is 2.17. The van der Waals surface area contributed by atoms with Gasteiger partial charge in [0.25, 0.3) is 0 Å². The monoisotopic (exact) mass is 432 g/mol. The lowest BCUT2D eigenvalue weighted by Crippen LogP contribution is -2.29. The van der Waals surface area contributed by atoms with Gasteiger partial charge in [0.05, 0.1) is 0 Å². The Hall–Kier alpha value is -4.34. The minimum absolute atomic E-state index is 0.251. The number of ether oxygens (including phenoxy) is 2. The summed E-state index contributed by atoms with van der Waals surface area (Å²) in [7, 11) is 0. The highest BCUT2D eigenvalue weighted by molar-refractivity contribution is 5.90. The molecule has 2 N–H and O–H groups in total. The van der Waals surface area contributed by atoms with E-state index in [0.717, 1.165) is 10.4 Å². The Morgan fingerprint density at radius 2 is 1.81 bits per heavy atom. The number of amides is 1. The molecule has 0 bridgehead atoms. The van der Waals surface area contributed by atoms with E-state index in [1.807, 2.05) is 37.3 Å². The van der Waals surface area contributed by atoms with Gasteiger partial charge < -0.3 is 20.1 Å². The van der Waals surface area contributed by atoms with Crippen LogP contribution >= 0.6 is 0 Å². The van der Waals surface area contributed by atoms with E-state index in [-0.39, 0.29) is 6.54 Å². The Kier molecular flexibility index (Phi) is 4.94. The predicted molar refractivity (Wildman–Crippen MR) is 118 cm³/mol. The summed E-state index contributed by atoms with van der Waals surface area (Å²) in [6, 6.07) is 16.2. The van der Waals surface area contributed by atoms with Crippen molar-refractivity contribution in [1.29, 1.82) is 0 Å². The number of aromatic nitrogens is 4. The summed E-state index contributed by atoms with van der Waals surface area (Å²) < 4.78 is 13.5. The van der Waals surface area contributed by atoms with E-state index < -0.39 is 11.6 Å². The van der Waals surface area contributed by atoms with Gasteiger partial charge >= 0.3 is 5.69 Å². The zero-order valence-electron chi connectivity index (χ0n) is 17.2. The first-order valence-electron chi connectivity index (χ1n) is 10.1. The molecule has 0 saturated heterocycles. The first-order chi connectivity index (χ1) is 15.6. The van der Waals surface area contributed by atoms with Crippen molar-refractivity contribution >= 4 is 28.9 Å². The second-order valence-electron chi connectivity index (χ2n) is 7.25. The van der Waals surface area contributed by atoms with E-state index in [1.165, 1.54) is 4.40 Å². The first-order valence-corrected chi connectivity index (χ1v) is 10.1. The molecule has 162 valence electrons. The number of anilines is 3. The van der Waals surface area contributed by atoms with Crippen LogP contribution in [0.2, 0.25) is 0 Å². The van der Waals surface area contributed by atoms with Crippen molar-refractivity contribution in [2.24, 2.45) is 0 Å². The molecule has 0 aliphatic carbocycles. The number of fused-ring (bicyclic) bond motifs is 2. The van der Waals surface area contributed by atoms with E-state index in [1.54, 1.807) is 24.3 Å². The summed E-state index contributed by atoms with van der Waals surface area (Å²) in [5.41, 5.74) is 1.94. The third-order valence-electron chi connectivity index (χ3n) is 4.85. The number of carbonyl (C=O) groups is 1. The van der Waals surface area contributed by atoms with Crippen molar-refractivity contribution < 1.29 is 14.3 Å². The van der Waals surface area contributed by atoms with Gasteiger partial charge in [0.15, 0.2) is 17.1 Å². The number of benzene rings is 2. The van der Waals surface area contributed by atoms with Crippen LogP contribution in [-0.4, -0.2) is 38.3 Å². The van der Waals surface area contributed by atoms with Gasteiger partial charge in [-0.05, 0) is 31.2 Å². The standard InChI is InChI=1S/C22H20N6O4/c1-14-11-19-26-27(22(30)28(19)21(23-14)25-15-5-3-2-4-6-15)13-20(29)24-16-7-8-17-18(12-16)32-10-9-31-17/h2-8,11-12H,9-10,13H2,1H3,(H,23,25)(H,24,29). The van der Waals surface area contributed by atoms with Crippen LogP contribution in [0.15, 0.2) is 59.4 Å². The van der Waals surface area contributed by atoms with Gasteiger partial charge in [-0.15, -0.1) is 5.10 Å². The van der Waals surface area contributed by atoms with Gasteiger partial charge in [0, 0.05) is 29.2 Å². The van der Waals surface area contributed by atoms with Gasteiger partial charge in [-0.2, -0.15) is 0 Å². The molecule has 0 fully saturated rings. The van der Waals surface area contributed by atoms with Crippen molar-refractivity contribution in [1.82, 2.24) is 19.2 Å². The lowest BCUT2D eigenvalue weighted by molar-refractivity contribution is -0.117. The summed E-state index contributed by atoms with van der Waals surface area (Å²) in [6.07, 6.45) is 0. The second-order valence-corrected chi connectivity index (χ2v) is 7.25. The van der Waals surface area contributed by atoms with Crippen LogP contribution in [0.4, 0.5) is 17.3 Å². The SMILES string of the molecule is Cc1cc2nn(CC(=O)Nc3ccc4c(c3)OCCO4)c(=O)n2c(Nc2ccccc2)n1. The first kappa shape index (κ1) is 19.6. The van der Waals surface area contributed by atoms with Gasteiger partial charge in [0.2, 0.25) is 11.9 Å². The maximum absolute atomic E-state index is 13.0. The molecule has 1 aliphatic heterocycles. The molecule has 0 radical (unpaired) electrons. The van der Waals surface area contributed by atoms with E-state index in [9.17, 15) is 9.59 Å². The van der Waals surface area contributed by atoms with Crippen LogP contribution in [0.3, 0.4) is 0 Å². The molecule has 0 spiro atoms. The Morgan fingerprint density at radius 1 is 1.03 bits per heavy atom. The highest BCUT2D eigenvalue weighted by atomic mass is 16.6. The average Bonchev–Trinajstić information content (AvgIpc) is 3.09. The fourth-order valence-corrected chi connectivity index (χ4v) is 3.45. The molecular formula is C22H20N6O4. The zero-order valence-corrected chi connectivity index (χ0v) is 17.2. The topological polar surface area (TPSA) is 112 Å².